The smallest absolute Gasteiger partial charge is 0.256 e. The topological polar surface area (TPSA) is 53.0 Å². The minimum absolute atomic E-state index is 0.00560. The molecule has 2 amide bonds. The Hall–Kier alpha value is -2.66. The van der Waals surface area contributed by atoms with Gasteiger partial charge in [0.2, 0.25) is 0 Å². The van der Waals surface area contributed by atoms with E-state index in [1.54, 1.807) is 6.20 Å². The summed E-state index contributed by atoms with van der Waals surface area (Å²) >= 11 is 6.27. The molecule has 31 heavy (non-hydrogen) atoms. The Morgan fingerprint density at radius 2 is 2.03 bits per heavy atom. The standard InChI is InChI=1S/C25H24ClN3O2/c26-19-9-7-18(8-10-19)25-24(11-12-24)21-6-2-1-5-20(21)23(31)29(25)15-14-28(25)22(30)17-4-3-13-27-16-17/h1-2,5-7,9-10,13,16,18H,3-4,8,11-12,14-15H2. The van der Waals surface area contributed by atoms with Crippen molar-refractivity contribution in [1.82, 2.24) is 9.80 Å². The molecule has 0 aromatic heterocycles. The van der Waals surface area contributed by atoms with E-state index in [0.29, 0.717) is 31.0 Å². The number of nitrogens with zero attached hydrogens (tertiary/aromatic N) is 3. The first-order valence-corrected chi connectivity index (χ1v) is 11.5. The third-order valence-electron chi connectivity index (χ3n) is 7.71. The predicted molar refractivity (Wildman–Crippen MR) is 120 cm³/mol. The lowest BCUT2D eigenvalue weighted by Crippen LogP contribution is -2.70. The number of rotatable bonds is 2. The van der Waals surface area contributed by atoms with Crippen LogP contribution in [0.15, 0.2) is 64.3 Å². The lowest BCUT2D eigenvalue weighted by Gasteiger charge is -2.56. The Morgan fingerprint density at radius 1 is 1.19 bits per heavy atom. The zero-order chi connectivity index (χ0) is 21.2. The molecular formula is C25H24ClN3O2. The number of aliphatic imine (C=N–C) groups is 1. The van der Waals surface area contributed by atoms with Crippen LogP contribution >= 0.6 is 11.6 Å². The van der Waals surface area contributed by atoms with E-state index in [0.717, 1.165) is 36.0 Å². The Bertz CT molecular complexity index is 1110. The third kappa shape index (κ3) is 2.41. The molecule has 3 heterocycles. The molecule has 0 N–H and O–H groups in total. The van der Waals surface area contributed by atoms with Gasteiger partial charge in [0.15, 0.2) is 0 Å². The molecule has 1 saturated carbocycles. The highest BCUT2D eigenvalue weighted by atomic mass is 35.5. The molecule has 3 aliphatic heterocycles. The van der Waals surface area contributed by atoms with Gasteiger partial charge >= 0.3 is 0 Å². The molecule has 1 spiro atoms. The molecule has 1 saturated heterocycles. The number of carbonyl (C=O) groups is 2. The number of hydrogen-bond acceptors (Lipinski definition) is 3. The summed E-state index contributed by atoms with van der Waals surface area (Å²) in [6.45, 7) is 1.10. The number of benzene rings is 1. The van der Waals surface area contributed by atoms with Crippen molar-refractivity contribution in [3.63, 3.8) is 0 Å². The van der Waals surface area contributed by atoms with Gasteiger partial charge in [-0.1, -0.05) is 42.0 Å². The van der Waals surface area contributed by atoms with Crippen molar-refractivity contribution < 1.29 is 9.59 Å². The van der Waals surface area contributed by atoms with E-state index in [4.69, 9.17) is 11.6 Å². The zero-order valence-electron chi connectivity index (χ0n) is 17.3. The van der Waals surface area contributed by atoms with Gasteiger partial charge in [-0.25, -0.2) is 0 Å². The summed E-state index contributed by atoms with van der Waals surface area (Å²) in [5.74, 6) is 0.0499. The first kappa shape index (κ1) is 19.1. The quantitative estimate of drug-likeness (QED) is 0.703. The Morgan fingerprint density at radius 3 is 2.74 bits per heavy atom. The van der Waals surface area contributed by atoms with Gasteiger partial charge < -0.3 is 9.80 Å². The van der Waals surface area contributed by atoms with Gasteiger partial charge in [-0.05, 0) is 49.8 Å². The number of amides is 2. The van der Waals surface area contributed by atoms with Crippen LogP contribution in [0.25, 0.3) is 0 Å². The predicted octanol–water partition coefficient (Wildman–Crippen LogP) is 4.16. The number of allylic oxidation sites excluding steroid dienone is 3. The molecule has 6 heteroatoms. The highest BCUT2D eigenvalue weighted by molar-refractivity contribution is 6.31. The average molecular weight is 434 g/mol. The molecule has 2 atom stereocenters. The fraction of sp³-hybridized carbons (Fsp3) is 0.400. The maximum Gasteiger partial charge on any atom is 0.256 e. The van der Waals surface area contributed by atoms with E-state index in [1.165, 1.54) is 0 Å². The van der Waals surface area contributed by atoms with Crippen molar-refractivity contribution in [2.45, 2.75) is 43.2 Å². The molecule has 0 radical (unpaired) electrons. The molecule has 1 aromatic carbocycles. The average Bonchev–Trinajstić information content (AvgIpc) is 3.52. The number of hydrogen-bond donors (Lipinski definition) is 0. The first-order valence-electron chi connectivity index (χ1n) is 11.1. The second-order valence-corrected chi connectivity index (χ2v) is 9.52. The van der Waals surface area contributed by atoms with Crippen molar-refractivity contribution in [2.75, 3.05) is 13.1 Å². The van der Waals surface area contributed by atoms with Crippen molar-refractivity contribution >= 4 is 29.6 Å². The fourth-order valence-electron chi connectivity index (χ4n) is 6.39. The van der Waals surface area contributed by atoms with E-state index in [9.17, 15) is 9.59 Å². The minimum atomic E-state index is -0.706. The van der Waals surface area contributed by atoms with Crippen LogP contribution < -0.4 is 0 Å². The minimum Gasteiger partial charge on any atom is -0.312 e. The van der Waals surface area contributed by atoms with Gasteiger partial charge in [-0.2, -0.15) is 0 Å². The Kier molecular flexibility index (Phi) is 4.10. The normalized spacial score (nSPS) is 30.1. The maximum absolute atomic E-state index is 13.9. The molecular weight excluding hydrogens is 410 g/mol. The summed E-state index contributed by atoms with van der Waals surface area (Å²) in [7, 11) is 0. The maximum atomic E-state index is 13.9. The van der Waals surface area contributed by atoms with E-state index >= 15 is 0 Å². The lowest BCUT2D eigenvalue weighted by molar-refractivity contribution is -0.141. The van der Waals surface area contributed by atoms with Crippen molar-refractivity contribution in [3.8, 4) is 0 Å². The largest absolute Gasteiger partial charge is 0.312 e. The van der Waals surface area contributed by atoms with E-state index < -0.39 is 5.66 Å². The van der Waals surface area contributed by atoms with Crippen LogP contribution in [0.4, 0.5) is 0 Å². The van der Waals surface area contributed by atoms with Crippen LogP contribution in [0.1, 0.15) is 48.0 Å². The molecule has 158 valence electrons. The molecule has 2 fully saturated rings. The van der Waals surface area contributed by atoms with Crippen molar-refractivity contribution in [2.24, 2.45) is 10.9 Å². The Balaban J connectivity index is 1.56. The second kappa shape index (κ2) is 6.67. The zero-order valence-corrected chi connectivity index (χ0v) is 18.0. The third-order valence-corrected chi connectivity index (χ3v) is 7.99. The molecule has 0 bridgehead atoms. The highest BCUT2D eigenvalue weighted by Gasteiger charge is 2.74. The van der Waals surface area contributed by atoms with Gasteiger partial charge in [0, 0.05) is 53.0 Å². The fourth-order valence-corrected chi connectivity index (χ4v) is 6.56. The molecule has 1 aromatic rings. The van der Waals surface area contributed by atoms with Crippen LogP contribution in [0.3, 0.4) is 0 Å². The van der Waals surface area contributed by atoms with Crippen molar-refractivity contribution in [3.05, 3.63) is 70.4 Å². The molecule has 2 aliphatic carbocycles. The monoisotopic (exact) mass is 433 g/mol. The van der Waals surface area contributed by atoms with Crippen molar-refractivity contribution in [1.29, 1.82) is 0 Å². The molecule has 5 nitrogen and oxygen atoms in total. The summed E-state index contributed by atoms with van der Waals surface area (Å²) in [5.41, 5.74) is 1.68. The highest BCUT2D eigenvalue weighted by Crippen LogP contribution is 2.66. The van der Waals surface area contributed by atoms with E-state index in [2.05, 4.69) is 17.1 Å². The molecule has 5 aliphatic rings. The SMILES string of the molecule is O=C(C1=CN=CCC1)N1CCN2C(=O)c3ccccc3C3(CC3)C12C1C=CC(Cl)=CC1. The van der Waals surface area contributed by atoms with Crippen LogP contribution in [0.2, 0.25) is 0 Å². The number of halogens is 1. The summed E-state index contributed by atoms with van der Waals surface area (Å²) in [5, 5.41) is 0.715. The van der Waals surface area contributed by atoms with Gasteiger partial charge in [-0.3, -0.25) is 14.6 Å². The van der Waals surface area contributed by atoms with Crippen LogP contribution in [0.5, 0.6) is 0 Å². The van der Waals surface area contributed by atoms with Gasteiger partial charge in [0.25, 0.3) is 11.8 Å². The summed E-state index contributed by atoms with van der Waals surface area (Å²) in [4.78, 5) is 35.9. The Labute approximate surface area is 186 Å². The number of fused-ring (bicyclic) bond motifs is 4. The summed E-state index contributed by atoms with van der Waals surface area (Å²) in [6, 6.07) is 7.99. The van der Waals surface area contributed by atoms with Crippen LogP contribution in [-0.4, -0.2) is 46.6 Å². The van der Waals surface area contributed by atoms with E-state index in [-0.39, 0.29) is 23.1 Å². The van der Waals surface area contributed by atoms with Crippen LogP contribution in [0, 0.1) is 5.92 Å². The second-order valence-electron chi connectivity index (χ2n) is 9.08. The number of carbonyl (C=O) groups excluding carboxylic acids is 2. The van der Waals surface area contributed by atoms with Crippen LogP contribution in [-0.2, 0) is 10.2 Å². The lowest BCUT2D eigenvalue weighted by atomic mass is 9.67. The van der Waals surface area contributed by atoms with E-state index in [1.807, 2.05) is 46.4 Å². The summed E-state index contributed by atoms with van der Waals surface area (Å²) < 4.78 is 0. The van der Waals surface area contributed by atoms with Gasteiger partial charge in [0.05, 0.1) is 0 Å². The summed E-state index contributed by atoms with van der Waals surface area (Å²) in [6.07, 6.45) is 13.7. The first-order chi connectivity index (χ1) is 15.1. The molecule has 6 rings (SSSR count). The van der Waals surface area contributed by atoms with Gasteiger partial charge in [0.1, 0.15) is 5.66 Å². The van der Waals surface area contributed by atoms with Gasteiger partial charge in [-0.15, -0.1) is 0 Å². The molecule has 2 unspecified atom stereocenters.